The number of rotatable bonds is 4. The summed E-state index contributed by atoms with van der Waals surface area (Å²) in [6.45, 7) is -2.86. The monoisotopic (exact) mass is 213 g/mol. The number of nitrogens with two attached hydrogens (primary N) is 1. The van der Waals surface area contributed by atoms with Crippen molar-refractivity contribution in [3.8, 4) is 5.75 Å². The minimum absolute atomic E-state index is 0.0385. The lowest BCUT2D eigenvalue weighted by Crippen LogP contribution is -2.05. The third-order valence-corrected chi connectivity index (χ3v) is 1.52. The summed E-state index contributed by atoms with van der Waals surface area (Å²) in [5.74, 6) is -0.563. The van der Waals surface area contributed by atoms with Crippen LogP contribution in [0.2, 0.25) is 0 Å². The highest BCUT2D eigenvalue weighted by atomic mass is 19.3. The average Bonchev–Trinajstić information content (AvgIpc) is 2.14. The molecule has 0 fully saturated rings. The second-order valence-corrected chi connectivity index (χ2v) is 2.69. The number of primary amides is 1. The van der Waals surface area contributed by atoms with E-state index in [2.05, 4.69) is 4.74 Å². The highest BCUT2D eigenvalue weighted by molar-refractivity contribution is 5.90. The molecule has 0 spiro atoms. The molecule has 2 N–H and O–H groups in total. The fourth-order valence-electron chi connectivity index (χ4n) is 0.973. The van der Waals surface area contributed by atoms with Crippen LogP contribution in [-0.2, 0) is 4.79 Å². The largest absolute Gasteiger partial charge is 0.435 e. The van der Waals surface area contributed by atoms with Crippen molar-refractivity contribution in [2.75, 3.05) is 0 Å². The average molecular weight is 213 g/mol. The summed E-state index contributed by atoms with van der Waals surface area (Å²) in [4.78, 5) is 10.4. The molecular formula is C10H9F2NO2. The second kappa shape index (κ2) is 5.09. The van der Waals surface area contributed by atoms with Crippen molar-refractivity contribution in [1.29, 1.82) is 0 Å². The Balaban J connectivity index is 2.78. The zero-order valence-corrected chi connectivity index (χ0v) is 7.69. The molecule has 1 aromatic carbocycles. The van der Waals surface area contributed by atoms with Gasteiger partial charge in [-0.3, -0.25) is 4.79 Å². The number of carbonyl (C=O) groups excluding carboxylic acids is 1. The Bertz CT molecular complexity index is 377. The molecule has 15 heavy (non-hydrogen) atoms. The van der Waals surface area contributed by atoms with Crippen LogP contribution in [0.25, 0.3) is 6.08 Å². The van der Waals surface area contributed by atoms with Crippen LogP contribution in [0.1, 0.15) is 5.56 Å². The second-order valence-electron chi connectivity index (χ2n) is 2.69. The van der Waals surface area contributed by atoms with E-state index in [0.717, 1.165) is 6.08 Å². The van der Waals surface area contributed by atoms with Gasteiger partial charge in [-0.05, 0) is 23.8 Å². The summed E-state index contributed by atoms with van der Waals surface area (Å²) in [6.07, 6.45) is 2.56. The number of amides is 1. The predicted octanol–water partition coefficient (Wildman–Crippen LogP) is 1.79. The van der Waals surface area contributed by atoms with E-state index in [4.69, 9.17) is 5.73 Å². The summed E-state index contributed by atoms with van der Waals surface area (Å²) in [6, 6.07) is 5.95. The van der Waals surface area contributed by atoms with Gasteiger partial charge in [0, 0.05) is 6.08 Å². The number of hydrogen-bond donors (Lipinski definition) is 1. The van der Waals surface area contributed by atoms with E-state index in [0.29, 0.717) is 5.56 Å². The maximum atomic E-state index is 11.9. The van der Waals surface area contributed by atoms with E-state index in [-0.39, 0.29) is 5.75 Å². The first-order chi connectivity index (χ1) is 7.08. The number of halogens is 2. The van der Waals surface area contributed by atoms with Crippen molar-refractivity contribution in [2.45, 2.75) is 6.61 Å². The lowest BCUT2D eigenvalue weighted by Gasteiger charge is -2.04. The molecule has 0 heterocycles. The van der Waals surface area contributed by atoms with Crippen LogP contribution < -0.4 is 10.5 Å². The number of alkyl halides is 2. The van der Waals surface area contributed by atoms with Gasteiger partial charge in [-0.2, -0.15) is 8.78 Å². The quantitative estimate of drug-likeness (QED) is 0.775. The molecule has 1 amide bonds. The molecule has 80 valence electrons. The topological polar surface area (TPSA) is 52.3 Å². The molecule has 0 atom stereocenters. The Labute approximate surface area is 85.1 Å². The third-order valence-electron chi connectivity index (χ3n) is 1.52. The number of benzene rings is 1. The molecular weight excluding hydrogens is 204 g/mol. The highest BCUT2D eigenvalue weighted by Gasteiger charge is 2.03. The van der Waals surface area contributed by atoms with Gasteiger partial charge in [0.15, 0.2) is 0 Å². The summed E-state index contributed by atoms with van der Waals surface area (Å²) >= 11 is 0. The molecule has 3 nitrogen and oxygen atoms in total. The van der Waals surface area contributed by atoms with E-state index < -0.39 is 12.5 Å². The molecule has 0 aromatic heterocycles. The van der Waals surface area contributed by atoms with Gasteiger partial charge >= 0.3 is 6.61 Å². The lowest BCUT2D eigenvalue weighted by atomic mass is 10.2. The lowest BCUT2D eigenvalue weighted by molar-refractivity contribution is -0.113. The van der Waals surface area contributed by atoms with Gasteiger partial charge in [-0.15, -0.1) is 0 Å². The van der Waals surface area contributed by atoms with Gasteiger partial charge < -0.3 is 10.5 Å². The third kappa shape index (κ3) is 4.21. The van der Waals surface area contributed by atoms with Gasteiger partial charge in [0.1, 0.15) is 5.75 Å². The van der Waals surface area contributed by atoms with Crippen molar-refractivity contribution in [1.82, 2.24) is 0 Å². The summed E-state index contributed by atoms with van der Waals surface area (Å²) < 4.78 is 27.9. The van der Waals surface area contributed by atoms with Crippen molar-refractivity contribution in [3.63, 3.8) is 0 Å². The van der Waals surface area contributed by atoms with Gasteiger partial charge in [0.25, 0.3) is 0 Å². The van der Waals surface area contributed by atoms with E-state index in [1.165, 1.54) is 18.2 Å². The molecule has 5 heteroatoms. The number of hydrogen-bond acceptors (Lipinski definition) is 2. The fourth-order valence-corrected chi connectivity index (χ4v) is 0.973. The number of carbonyl (C=O) groups is 1. The fraction of sp³-hybridized carbons (Fsp3) is 0.100. The normalized spacial score (nSPS) is 10.9. The molecule has 1 aromatic rings. The highest BCUT2D eigenvalue weighted by Crippen LogP contribution is 2.16. The number of ether oxygens (including phenoxy) is 1. The first-order valence-electron chi connectivity index (χ1n) is 4.10. The van der Waals surface area contributed by atoms with Crippen LogP contribution in [0.5, 0.6) is 5.75 Å². The summed E-state index contributed by atoms with van der Waals surface area (Å²) in [7, 11) is 0. The Morgan fingerprint density at radius 1 is 1.47 bits per heavy atom. The predicted molar refractivity (Wildman–Crippen MR) is 51.3 cm³/mol. The van der Waals surface area contributed by atoms with Crippen LogP contribution in [0, 0.1) is 0 Å². The minimum Gasteiger partial charge on any atom is -0.435 e. The molecule has 0 bridgehead atoms. The van der Waals surface area contributed by atoms with E-state index >= 15 is 0 Å². The van der Waals surface area contributed by atoms with Crippen LogP contribution in [0.15, 0.2) is 30.3 Å². The summed E-state index contributed by atoms with van der Waals surface area (Å²) in [5.41, 5.74) is 5.44. The maximum Gasteiger partial charge on any atom is 0.387 e. The Morgan fingerprint density at radius 3 is 2.80 bits per heavy atom. The molecule has 0 saturated heterocycles. The van der Waals surface area contributed by atoms with Crippen molar-refractivity contribution in [3.05, 3.63) is 35.9 Å². The van der Waals surface area contributed by atoms with Crippen molar-refractivity contribution < 1.29 is 18.3 Å². The molecule has 0 saturated carbocycles. The van der Waals surface area contributed by atoms with Crippen LogP contribution in [-0.4, -0.2) is 12.5 Å². The Hall–Kier alpha value is -1.91. The molecule has 0 unspecified atom stereocenters. The summed E-state index contributed by atoms with van der Waals surface area (Å²) in [5, 5.41) is 0. The first kappa shape index (κ1) is 11.2. The van der Waals surface area contributed by atoms with Gasteiger partial charge in [0.2, 0.25) is 5.91 Å². The van der Waals surface area contributed by atoms with Crippen molar-refractivity contribution in [2.24, 2.45) is 5.73 Å². The smallest absolute Gasteiger partial charge is 0.387 e. The molecule has 0 aliphatic rings. The van der Waals surface area contributed by atoms with Crippen molar-refractivity contribution >= 4 is 12.0 Å². The van der Waals surface area contributed by atoms with Crippen LogP contribution in [0.4, 0.5) is 8.78 Å². The van der Waals surface area contributed by atoms with Crippen LogP contribution in [0.3, 0.4) is 0 Å². The minimum atomic E-state index is -2.86. The van der Waals surface area contributed by atoms with E-state index in [1.807, 2.05) is 0 Å². The zero-order chi connectivity index (χ0) is 11.3. The van der Waals surface area contributed by atoms with E-state index in [9.17, 15) is 13.6 Å². The maximum absolute atomic E-state index is 11.9. The van der Waals surface area contributed by atoms with E-state index in [1.54, 1.807) is 12.1 Å². The Morgan fingerprint density at radius 2 is 2.20 bits per heavy atom. The molecule has 0 radical (unpaired) electrons. The zero-order valence-electron chi connectivity index (χ0n) is 7.69. The Kier molecular flexibility index (Phi) is 3.79. The molecule has 0 aliphatic carbocycles. The SMILES string of the molecule is NC(=O)C=Cc1cccc(OC(F)F)c1. The van der Waals surface area contributed by atoms with Crippen LogP contribution >= 0.6 is 0 Å². The standard InChI is InChI=1S/C10H9F2NO2/c11-10(12)15-8-3-1-2-7(6-8)4-5-9(13)14/h1-6,10H,(H2,13,14). The first-order valence-corrected chi connectivity index (χ1v) is 4.10. The molecule has 1 rings (SSSR count). The van der Waals surface area contributed by atoms with Gasteiger partial charge in [0.05, 0.1) is 0 Å². The molecule has 0 aliphatic heterocycles. The van der Waals surface area contributed by atoms with Gasteiger partial charge in [-0.1, -0.05) is 12.1 Å². The van der Waals surface area contributed by atoms with Gasteiger partial charge in [-0.25, -0.2) is 0 Å².